The molecular weight excluding hydrogens is 374 g/mol. The first-order valence-corrected chi connectivity index (χ1v) is 10.1. The predicted octanol–water partition coefficient (Wildman–Crippen LogP) is 2.08. The largest absolute Gasteiger partial charge is 0.449 e. The second-order valence-electron chi connectivity index (χ2n) is 9.10. The maximum atomic E-state index is 12.9. The first-order chi connectivity index (χ1) is 13.6. The number of nitrogens with zero attached hydrogens (tertiary/aromatic N) is 2. The van der Waals surface area contributed by atoms with Crippen LogP contribution in [-0.2, 0) is 11.2 Å². The number of fused-ring (bicyclic) bond motifs is 1. The summed E-state index contributed by atoms with van der Waals surface area (Å²) in [6.45, 7) is 9.57. The molecule has 0 bridgehead atoms. The van der Waals surface area contributed by atoms with Crippen LogP contribution in [0, 0.1) is 11.3 Å². The van der Waals surface area contributed by atoms with Gasteiger partial charge in [-0.25, -0.2) is 4.79 Å². The first kappa shape index (κ1) is 21.1. The van der Waals surface area contributed by atoms with Crippen LogP contribution < -0.4 is 5.56 Å². The molecule has 1 aliphatic carbocycles. The number of aromatic amines is 1. The molecule has 3 rings (SSSR count). The van der Waals surface area contributed by atoms with E-state index < -0.39 is 11.5 Å². The lowest BCUT2D eigenvalue weighted by atomic mass is 9.75. The van der Waals surface area contributed by atoms with Gasteiger partial charge in [0.2, 0.25) is 0 Å². The van der Waals surface area contributed by atoms with E-state index in [0.29, 0.717) is 56.9 Å². The Kier molecular flexibility index (Phi) is 5.82. The number of carbonyl (C=O) groups is 3. The number of aromatic nitrogens is 1. The van der Waals surface area contributed by atoms with Gasteiger partial charge in [-0.15, -0.1) is 0 Å². The van der Waals surface area contributed by atoms with Crippen molar-refractivity contribution in [1.29, 1.82) is 0 Å². The third-order valence-electron chi connectivity index (χ3n) is 5.31. The lowest BCUT2D eigenvalue weighted by Gasteiger charge is -2.34. The maximum absolute atomic E-state index is 12.9. The van der Waals surface area contributed by atoms with Crippen molar-refractivity contribution in [3.63, 3.8) is 0 Å². The molecule has 1 aromatic heterocycles. The molecule has 1 N–H and O–H groups in total. The van der Waals surface area contributed by atoms with Crippen molar-refractivity contribution in [2.75, 3.05) is 32.8 Å². The number of carbonyl (C=O) groups excluding carboxylic acids is 3. The van der Waals surface area contributed by atoms with Crippen LogP contribution in [0.3, 0.4) is 0 Å². The summed E-state index contributed by atoms with van der Waals surface area (Å²) in [7, 11) is 0. The van der Waals surface area contributed by atoms with E-state index in [4.69, 9.17) is 4.74 Å². The molecule has 2 heterocycles. The van der Waals surface area contributed by atoms with E-state index in [1.165, 1.54) is 6.07 Å². The Morgan fingerprint density at radius 1 is 1.10 bits per heavy atom. The van der Waals surface area contributed by atoms with Gasteiger partial charge < -0.3 is 19.5 Å². The standard InChI is InChI=1S/C21H29N3O5/c1-13(2)12-29-20(28)24-7-5-23(6-8-24)19(27)15-9-14-16(22-18(15)26)10-21(3,4)11-17(14)25/h9,13H,5-8,10-12H2,1-4H3,(H,22,26). The first-order valence-electron chi connectivity index (χ1n) is 10.1. The summed E-state index contributed by atoms with van der Waals surface area (Å²) in [5, 5.41) is 0. The Morgan fingerprint density at radius 3 is 2.34 bits per heavy atom. The van der Waals surface area contributed by atoms with Crippen molar-refractivity contribution >= 4 is 17.8 Å². The van der Waals surface area contributed by atoms with Crippen LogP contribution in [0.5, 0.6) is 0 Å². The minimum atomic E-state index is -0.474. The molecule has 0 aromatic carbocycles. The monoisotopic (exact) mass is 403 g/mol. The zero-order valence-electron chi connectivity index (χ0n) is 17.5. The van der Waals surface area contributed by atoms with Crippen LogP contribution in [0.1, 0.15) is 60.5 Å². The van der Waals surface area contributed by atoms with Crippen molar-refractivity contribution < 1.29 is 19.1 Å². The van der Waals surface area contributed by atoms with E-state index >= 15 is 0 Å². The minimum absolute atomic E-state index is 0.0207. The zero-order chi connectivity index (χ0) is 21.3. The van der Waals surface area contributed by atoms with Crippen LogP contribution in [0.15, 0.2) is 10.9 Å². The fourth-order valence-corrected chi connectivity index (χ4v) is 3.78. The summed E-state index contributed by atoms with van der Waals surface area (Å²) in [5.41, 5.74) is 0.332. The van der Waals surface area contributed by atoms with Crippen molar-refractivity contribution in [2.24, 2.45) is 11.3 Å². The van der Waals surface area contributed by atoms with E-state index in [1.807, 2.05) is 27.7 Å². The van der Waals surface area contributed by atoms with Crippen molar-refractivity contribution in [3.05, 3.63) is 33.2 Å². The SMILES string of the molecule is CC(C)COC(=O)N1CCN(C(=O)c2cc3c([nH]c2=O)CC(C)(C)CC3=O)CC1. The topological polar surface area (TPSA) is 99.8 Å². The molecule has 29 heavy (non-hydrogen) atoms. The second-order valence-corrected chi connectivity index (χ2v) is 9.10. The number of hydrogen-bond donors (Lipinski definition) is 1. The number of H-pyrrole nitrogens is 1. The summed E-state index contributed by atoms with van der Waals surface area (Å²) >= 11 is 0. The van der Waals surface area contributed by atoms with E-state index in [1.54, 1.807) is 9.80 Å². The van der Waals surface area contributed by atoms with Crippen LogP contribution >= 0.6 is 0 Å². The average molecular weight is 403 g/mol. The zero-order valence-corrected chi connectivity index (χ0v) is 17.5. The predicted molar refractivity (Wildman–Crippen MR) is 107 cm³/mol. The number of nitrogens with one attached hydrogen (secondary N) is 1. The summed E-state index contributed by atoms with van der Waals surface area (Å²) in [5.74, 6) is -0.216. The molecule has 1 saturated heterocycles. The molecule has 2 aliphatic rings. The molecular formula is C21H29N3O5. The van der Waals surface area contributed by atoms with E-state index in [9.17, 15) is 19.2 Å². The summed E-state index contributed by atoms with van der Waals surface area (Å²) < 4.78 is 5.22. The smallest absolute Gasteiger partial charge is 0.409 e. The number of rotatable bonds is 3. The van der Waals surface area contributed by atoms with Crippen molar-refractivity contribution in [1.82, 2.24) is 14.8 Å². The quantitative estimate of drug-likeness (QED) is 0.833. The lowest BCUT2D eigenvalue weighted by molar-refractivity contribution is 0.0534. The Morgan fingerprint density at radius 2 is 1.72 bits per heavy atom. The van der Waals surface area contributed by atoms with Crippen LogP contribution in [0.2, 0.25) is 0 Å². The van der Waals surface area contributed by atoms with Gasteiger partial charge in [0.25, 0.3) is 11.5 Å². The fraction of sp³-hybridized carbons (Fsp3) is 0.619. The van der Waals surface area contributed by atoms with Gasteiger partial charge in [0.1, 0.15) is 5.56 Å². The number of hydrogen-bond acceptors (Lipinski definition) is 5. The molecule has 0 saturated carbocycles. The highest BCUT2D eigenvalue weighted by Crippen LogP contribution is 2.33. The molecule has 1 aliphatic heterocycles. The molecule has 1 fully saturated rings. The van der Waals surface area contributed by atoms with Gasteiger partial charge in [0.05, 0.1) is 6.61 Å². The third kappa shape index (κ3) is 4.68. The van der Waals surface area contributed by atoms with E-state index in [-0.39, 0.29) is 28.8 Å². The number of ketones is 1. The summed E-state index contributed by atoms with van der Waals surface area (Å²) in [4.78, 5) is 55.8. The molecule has 0 atom stereocenters. The molecule has 8 nitrogen and oxygen atoms in total. The Labute approximate surface area is 170 Å². The van der Waals surface area contributed by atoms with Gasteiger partial charge in [0, 0.05) is 43.9 Å². The number of ether oxygens (including phenoxy) is 1. The average Bonchev–Trinajstić information content (AvgIpc) is 2.64. The maximum Gasteiger partial charge on any atom is 0.409 e. The van der Waals surface area contributed by atoms with Gasteiger partial charge in [0.15, 0.2) is 5.78 Å². The number of pyridine rings is 1. The Hall–Kier alpha value is -2.64. The third-order valence-corrected chi connectivity index (χ3v) is 5.31. The molecule has 2 amide bonds. The summed E-state index contributed by atoms with van der Waals surface area (Å²) in [6, 6.07) is 1.44. The van der Waals surface area contributed by atoms with Crippen molar-refractivity contribution in [2.45, 2.75) is 40.5 Å². The fourth-order valence-electron chi connectivity index (χ4n) is 3.78. The number of amides is 2. The van der Waals surface area contributed by atoms with Gasteiger partial charge >= 0.3 is 6.09 Å². The van der Waals surface area contributed by atoms with Gasteiger partial charge in [-0.05, 0) is 23.8 Å². The minimum Gasteiger partial charge on any atom is -0.449 e. The van der Waals surface area contributed by atoms with Crippen LogP contribution in [-0.4, -0.2) is 65.4 Å². The lowest BCUT2D eigenvalue weighted by Crippen LogP contribution is -2.51. The van der Waals surface area contributed by atoms with Gasteiger partial charge in [-0.1, -0.05) is 27.7 Å². The van der Waals surface area contributed by atoms with Crippen LogP contribution in [0.25, 0.3) is 0 Å². The summed E-state index contributed by atoms with van der Waals surface area (Å²) in [6.07, 6.45) is 0.594. The highest BCUT2D eigenvalue weighted by molar-refractivity contribution is 6.02. The molecule has 8 heteroatoms. The second kappa shape index (κ2) is 8.00. The molecule has 158 valence electrons. The molecule has 0 spiro atoms. The number of piperazine rings is 1. The highest BCUT2D eigenvalue weighted by Gasteiger charge is 2.34. The number of Topliss-reactive ketones (excluding diaryl/α,β-unsaturated/α-hetero) is 1. The highest BCUT2D eigenvalue weighted by atomic mass is 16.6. The molecule has 0 radical (unpaired) electrons. The van der Waals surface area contributed by atoms with Gasteiger partial charge in [-0.2, -0.15) is 0 Å². The molecule has 0 unspecified atom stereocenters. The molecule has 1 aromatic rings. The van der Waals surface area contributed by atoms with E-state index in [2.05, 4.69) is 4.98 Å². The van der Waals surface area contributed by atoms with Crippen molar-refractivity contribution in [3.8, 4) is 0 Å². The van der Waals surface area contributed by atoms with Gasteiger partial charge in [-0.3, -0.25) is 14.4 Å². The Balaban J connectivity index is 1.69. The van der Waals surface area contributed by atoms with E-state index in [0.717, 1.165) is 0 Å². The Bertz CT molecular complexity index is 879. The van der Waals surface area contributed by atoms with Crippen LogP contribution in [0.4, 0.5) is 4.79 Å². The normalized spacial score (nSPS) is 18.6.